The van der Waals surface area contributed by atoms with Gasteiger partial charge in [-0.1, -0.05) is 0 Å². The molecule has 0 rings (SSSR count). The fourth-order valence-electron chi connectivity index (χ4n) is 0. The Kier molecular flexibility index (Phi) is 102. The van der Waals surface area contributed by atoms with Crippen molar-refractivity contribution in [3.05, 3.63) is 0 Å². The molecular weight excluding hydrogens is 191 g/mol. The van der Waals surface area contributed by atoms with Gasteiger partial charge in [0.2, 0.25) is 0 Å². The standard InChI is InChI=1S/C2H4O2.ClH.H3N.Na.HO2P/c1-2(3)4;;;;1-3-2/h1H3,(H,3,4);1H;1H3;;3H/q;;;+1;. The van der Waals surface area contributed by atoms with Gasteiger partial charge in [-0.25, -0.2) is 0 Å². The molecule has 0 amide bonds. The summed E-state index contributed by atoms with van der Waals surface area (Å²) in [5, 5.41) is 8.89. The summed E-state index contributed by atoms with van der Waals surface area (Å²) >= 11 is 0. The van der Waals surface area contributed by atoms with E-state index >= 15 is 0 Å². The maximum absolute atomic E-state index is 8.89. The molecule has 0 aliphatic carbocycles. The van der Waals surface area contributed by atoms with Gasteiger partial charge < -0.3 is 28.5 Å². The molecule has 0 saturated heterocycles. The molecule has 0 saturated carbocycles. The van der Waals surface area contributed by atoms with E-state index in [1.54, 1.807) is 0 Å². The molecule has 0 spiro atoms. The van der Waals surface area contributed by atoms with Gasteiger partial charge in [0.05, 0.1) is 0 Å². The molecule has 58 valence electrons. The van der Waals surface area contributed by atoms with Crippen molar-refractivity contribution in [1.82, 2.24) is 6.15 Å². The Hall–Kier alpha value is 0.780. The van der Waals surface area contributed by atoms with Gasteiger partial charge in [0.15, 0.2) is 0 Å². The molecule has 0 aromatic rings. The number of carboxylic acid groups (broad SMARTS) is 1. The Labute approximate surface area is 88.8 Å². The smallest absolute Gasteiger partial charge is 1.00 e. The van der Waals surface area contributed by atoms with E-state index in [-0.39, 0.29) is 48.1 Å². The van der Waals surface area contributed by atoms with Crippen LogP contribution in [0.3, 0.4) is 0 Å². The first-order valence-electron chi connectivity index (χ1n) is 1.34. The molecule has 5 N–H and O–H groups in total. The first-order valence-corrected chi connectivity index (χ1v) is 2.19. The number of carbonyl (C=O) groups excluding carboxylic acids is 1. The summed E-state index contributed by atoms with van der Waals surface area (Å²) in [6.45, 7) is 0.972. The van der Waals surface area contributed by atoms with Gasteiger partial charge in [-0.15, -0.1) is 0 Å². The summed E-state index contributed by atoms with van der Waals surface area (Å²) in [6.07, 6.45) is 0. The van der Waals surface area contributed by atoms with Crippen molar-refractivity contribution in [2.75, 3.05) is 0 Å². The van der Waals surface area contributed by atoms with Crippen molar-refractivity contribution in [2.24, 2.45) is 0 Å². The normalized spacial score (nSPS) is 4.60. The summed E-state index contributed by atoms with van der Waals surface area (Å²) in [7, 11) is -1.17. The van der Waals surface area contributed by atoms with Crippen LogP contribution in [-0.2, 0) is 9.36 Å². The van der Waals surface area contributed by atoms with Crippen LogP contribution in [0.25, 0.3) is 0 Å². The molecule has 0 heterocycles. The topological polar surface area (TPSA) is 114 Å². The van der Waals surface area contributed by atoms with Gasteiger partial charge in [-0.2, -0.15) is 4.89 Å². The predicted molar refractivity (Wildman–Crippen MR) is 27.9 cm³/mol. The second-order valence-corrected chi connectivity index (χ2v) is 0.765. The number of quaternary nitrogens is 1. The number of rotatable bonds is 0. The van der Waals surface area contributed by atoms with Crippen LogP contribution in [0.2, 0.25) is 0 Å². The summed E-state index contributed by atoms with van der Waals surface area (Å²) in [4.78, 5) is 15.9. The molecule has 10 heavy (non-hydrogen) atoms. The number of carboxylic acids is 1. The first kappa shape index (κ1) is 30.9. The van der Waals surface area contributed by atoms with Crippen LogP contribution in [0.5, 0.6) is 0 Å². The molecule has 0 aliphatic heterocycles. The molecule has 0 bridgehead atoms. The predicted octanol–water partition coefficient (Wildman–Crippen LogP) is -6.94. The third-order valence-corrected chi connectivity index (χ3v) is 0. The number of halogens is 1. The first-order chi connectivity index (χ1) is 3.15. The van der Waals surface area contributed by atoms with Crippen LogP contribution in [0, 0.1) is 0 Å². The van der Waals surface area contributed by atoms with Crippen molar-refractivity contribution in [2.45, 2.75) is 6.92 Å². The summed E-state index contributed by atoms with van der Waals surface area (Å²) in [5.74, 6) is -1.08. The minimum absolute atomic E-state index is 0. The van der Waals surface area contributed by atoms with Crippen LogP contribution < -0.4 is 53.2 Å². The van der Waals surface area contributed by atoms with Crippen molar-refractivity contribution in [3.8, 4) is 0 Å². The van der Waals surface area contributed by atoms with E-state index in [1.165, 1.54) is 0 Å². The Bertz CT molecular complexity index is 70.3. The van der Waals surface area contributed by atoms with Crippen LogP contribution in [0.4, 0.5) is 0 Å². The SMILES string of the molecule is CC(=O)[O-].O=[PH+]O.[Cl-].[NH4+].[Na+]. The Balaban J connectivity index is -0.0000000131. The van der Waals surface area contributed by atoms with E-state index in [0.29, 0.717) is 0 Å². The number of carbonyl (C=O) groups is 1. The van der Waals surface area contributed by atoms with Crippen molar-refractivity contribution < 1.29 is 61.3 Å². The summed E-state index contributed by atoms with van der Waals surface area (Å²) in [6, 6.07) is 0. The van der Waals surface area contributed by atoms with Gasteiger partial charge in [0.1, 0.15) is 0 Å². The molecule has 0 radical (unpaired) electrons. The zero-order chi connectivity index (χ0) is 6.28. The maximum atomic E-state index is 8.89. The van der Waals surface area contributed by atoms with Crippen LogP contribution in [-0.4, -0.2) is 10.9 Å². The van der Waals surface area contributed by atoms with Crippen molar-refractivity contribution >= 4 is 14.7 Å². The van der Waals surface area contributed by atoms with Gasteiger partial charge in [0.25, 0.3) is 0 Å². The quantitative estimate of drug-likeness (QED) is 0.299. The molecule has 1 unspecified atom stereocenters. The van der Waals surface area contributed by atoms with Crippen LogP contribution in [0.1, 0.15) is 6.92 Å². The van der Waals surface area contributed by atoms with E-state index in [9.17, 15) is 0 Å². The van der Waals surface area contributed by atoms with E-state index < -0.39 is 14.7 Å². The summed E-state index contributed by atoms with van der Waals surface area (Å²) < 4.78 is 8.51. The van der Waals surface area contributed by atoms with Gasteiger partial charge >= 0.3 is 38.2 Å². The number of aliphatic carboxylic acids is 1. The molecule has 0 aromatic heterocycles. The van der Waals surface area contributed by atoms with Crippen molar-refractivity contribution in [3.63, 3.8) is 0 Å². The average molecular weight is 201 g/mol. The van der Waals surface area contributed by atoms with Gasteiger partial charge in [0, 0.05) is 5.97 Å². The molecule has 5 nitrogen and oxygen atoms in total. The fourth-order valence-corrected chi connectivity index (χ4v) is 0. The molecule has 0 aliphatic rings. The Morgan fingerprint density at radius 1 is 1.60 bits per heavy atom. The molecular formula is C2H9ClNNaO4P+. The van der Waals surface area contributed by atoms with E-state index in [4.69, 9.17) is 19.4 Å². The third-order valence-electron chi connectivity index (χ3n) is 0. The van der Waals surface area contributed by atoms with Gasteiger partial charge in [-0.3, -0.25) is 0 Å². The second kappa shape index (κ2) is 33.0. The number of hydrogen-bond acceptors (Lipinski definition) is 3. The molecule has 1 atom stereocenters. The maximum Gasteiger partial charge on any atom is 1.00 e. The molecule has 8 heteroatoms. The van der Waals surface area contributed by atoms with E-state index in [2.05, 4.69) is 0 Å². The minimum Gasteiger partial charge on any atom is -1.00 e. The fraction of sp³-hybridized carbons (Fsp3) is 0.500. The largest absolute Gasteiger partial charge is 1.00 e. The second-order valence-electron chi connectivity index (χ2n) is 0.583. The van der Waals surface area contributed by atoms with Crippen molar-refractivity contribution in [1.29, 1.82) is 0 Å². The Morgan fingerprint density at radius 2 is 1.60 bits per heavy atom. The van der Waals surface area contributed by atoms with E-state index in [1.807, 2.05) is 0 Å². The summed E-state index contributed by atoms with van der Waals surface area (Å²) in [5.41, 5.74) is 0. The zero-order valence-corrected chi connectivity index (χ0v) is 9.81. The van der Waals surface area contributed by atoms with Crippen LogP contribution >= 0.6 is 8.69 Å². The number of hydrogen-bond donors (Lipinski definition) is 2. The Morgan fingerprint density at radius 3 is 1.60 bits per heavy atom. The zero-order valence-electron chi connectivity index (χ0n) is 6.05. The minimum atomic E-state index is -1.17. The molecule has 0 fully saturated rings. The molecule has 0 aromatic carbocycles. The van der Waals surface area contributed by atoms with Gasteiger partial charge in [-0.05, 0) is 11.5 Å². The monoisotopic (exact) mass is 200 g/mol. The van der Waals surface area contributed by atoms with Crippen LogP contribution in [0.15, 0.2) is 0 Å². The third kappa shape index (κ3) is 874. The van der Waals surface area contributed by atoms with E-state index in [0.717, 1.165) is 6.92 Å². The average Bonchev–Trinajstić information content (AvgIpc) is 1.33.